The van der Waals surface area contributed by atoms with Gasteiger partial charge < -0.3 is 16.2 Å². The molecule has 5 nitrogen and oxygen atoms in total. The Morgan fingerprint density at radius 2 is 2.12 bits per heavy atom. The van der Waals surface area contributed by atoms with Gasteiger partial charge in [0, 0.05) is 24.9 Å². The predicted molar refractivity (Wildman–Crippen MR) is 64.4 cm³/mol. The van der Waals surface area contributed by atoms with Crippen molar-refractivity contribution in [3.63, 3.8) is 0 Å². The second-order valence-corrected chi connectivity index (χ2v) is 4.96. The largest absolute Gasteiger partial charge is 0.481 e. The smallest absolute Gasteiger partial charge is 0.303 e. The molecule has 0 saturated heterocycles. The minimum absolute atomic E-state index is 0.0128. The highest BCUT2D eigenvalue weighted by molar-refractivity contribution is 5.76. The molecule has 0 aromatic rings. The molecule has 1 fully saturated rings. The Balaban J connectivity index is 2.09. The summed E-state index contributed by atoms with van der Waals surface area (Å²) in [6, 6.07) is 0.00877. The lowest BCUT2D eigenvalue weighted by Crippen LogP contribution is -2.37. The molecule has 0 aromatic carbocycles. The highest BCUT2D eigenvalue weighted by atomic mass is 16.4. The molecular weight excluding hydrogens is 220 g/mol. The minimum Gasteiger partial charge on any atom is -0.481 e. The molecule has 1 amide bonds. The van der Waals surface area contributed by atoms with Crippen LogP contribution in [0, 0.1) is 5.92 Å². The third-order valence-corrected chi connectivity index (χ3v) is 3.08. The fourth-order valence-electron chi connectivity index (χ4n) is 1.87. The van der Waals surface area contributed by atoms with Crippen molar-refractivity contribution in [2.24, 2.45) is 11.7 Å². The minimum atomic E-state index is -0.792. The van der Waals surface area contributed by atoms with Gasteiger partial charge in [-0.05, 0) is 38.5 Å². The van der Waals surface area contributed by atoms with E-state index in [1.54, 1.807) is 0 Å². The number of hydrogen-bond acceptors (Lipinski definition) is 3. The number of nitrogens with one attached hydrogen (secondary N) is 1. The number of rotatable bonds is 8. The van der Waals surface area contributed by atoms with Crippen molar-refractivity contribution in [1.29, 1.82) is 0 Å². The van der Waals surface area contributed by atoms with Gasteiger partial charge in [0.1, 0.15) is 0 Å². The Bertz CT molecular complexity index is 277. The topological polar surface area (TPSA) is 92.4 Å². The van der Waals surface area contributed by atoms with Crippen LogP contribution in [0.15, 0.2) is 0 Å². The third-order valence-electron chi connectivity index (χ3n) is 3.08. The molecule has 1 aliphatic rings. The number of carbonyl (C=O) groups is 2. The maximum absolute atomic E-state index is 11.6. The molecule has 0 spiro atoms. The van der Waals surface area contributed by atoms with Crippen molar-refractivity contribution in [3.05, 3.63) is 0 Å². The summed E-state index contributed by atoms with van der Waals surface area (Å²) >= 11 is 0. The molecule has 98 valence electrons. The summed E-state index contributed by atoms with van der Waals surface area (Å²) < 4.78 is 0. The van der Waals surface area contributed by atoms with Crippen molar-refractivity contribution in [2.45, 2.75) is 57.5 Å². The lowest BCUT2D eigenvalue weighted by Gasteiger charge is -2.15. The number of carboxylic acids is 1. The van der Waals surface area contributed by atoms with Crippen molar-refractivity contribution in [2.75, 3.05) is 0 Å². The zero-order valence-corrected chi connectivity index (χ0v) is 10.3. The normalized spacial score (nSPS) is 18.5. The molecule has 0 bridgehead atoms. The first kappa shape index (κ1) is 14.0. The molecule has 0 radical (unpaired) electrons. The van der Waals surface area contributed by atoms with E-state index in [1.165, 1.54) is 0 Å². The van der Waals surface area contributed by atoms with Crippen LogP contribution in [0.3, 0.4) is 0 Å². The van der Waals surface area contributed by atoms with E-state index in [2.05, 4.69) is 5.32 Å². The highest BCUT2D eigenvalue weighted by Crippen LogP contribution is 2.32. The number of nitrogens with two attached hydrogens (primary N) is 1. The Morgan fingerprint density at radius 1 is 1.47 bits per heavy atom. The first-order valence-corrected chi connectivity index (χ1v) is 6.25. The van der Waals surface area contributed by atoms with Crippen LogP contribution >= 0.6 is 0 Å². The summed E-state index contributed by atoms with van der Waals surface area (Å²) in [5.74, 6) is -0.283. The molecule has 0 aromatic heterocycles. The van der Waals surface area contributed by atoms with E-state index in [-0.39, 0.29) is 24.4 Å². The second kappa shape index (κ2) is 6.59. The molecular formula is C12H22N2O3. The Labute approximate surface area is 102 Å². The molecule has 1 aliphatic carbocycles. The summed E-state index contributed by atoms with van der Waals surface area (Å²) in [5.41, 5.74) is 5.86. The highest BCUT2D eigenvalue weighted by Gasteiger charge is 2.29. The van der Waals surface area contributed by atoms with E-state index < -0.39 is 5.97 Å². The number of carbonyl (C=O) groups excluding carboxylic acids is 1. The fourth-order valence-corrected chi connectivity index (χ4v) is 1.87. The van der Waals surface area contributed by atoms with E-state index in [9.17, 15) is 9.59 Å². The summed E-state index contributed by atoms with van der Waals surface area (Å²) in [6.07, 6.45) is 4.10. The van der Waals surface area contributed by atoms with Gasteiger partial charge in [0.25, 0.3) is 0 Å². The van der Waals surface area contributed by atoms with Gasteiger partial charge in [-0.2, -0.15) is 0 Å². The van der Waals surface area contributed by atoms with Crippen molar-refractivity contribution >= 4 is 11.9 Å². The van der Waals surface area contributed by atoms with Gasteiger partial charge in [-0.3, -0.25) is 9.59 Å². The Hall–Kier alpha value is -1.10. The standard InChI is InChI=1S/C12H22N2O3/c1-8(3-2-4-12(16)17)14-11(15)7-10(13)9-5-6-9/h8-10H,2-7,13H2,1H3,(H,14,15)(H,16,17). The lowest BCUT2D eigenvalue weighted by molar-refractivity contribution is -0.137. The molecule has 0 aliphatic heterocycles. The Kier molecular flexibility index (Phi) is 5.41. The fraction of sp³-hybridized carbons (Fsp3) is 0.833. The first-order valence-electron chi connectivity index (χ1n) is 6.25. The van der Waals surface area contributed by atoms with E-state index in [1.807, 2.05) is 6.92 Å². The molecule has 2 unspecified atom stereocenters. The average molecular weight is 242 g/mol. The SMILES string of the molecule is CC(CCCC(=O)O)NC(=O)CC(N)C1CC1. The van der Waals surface area contributed by atoms with Gasteiger partial charge in [-0.25, -0.2) is 0 Å². The zero-order valence-electron chi connectivity index (χ0n) is 10.3. The number of hydrogen-bond donors (Lipinski definition) is 3. The first-order chi connectivity index (χ1) is 7.99. The van der Waals surface area contributed by atoms with E-state index in [0.717, 1.165) is 12.8 Å². The van der Waals surface area contributed by atoms with Gasteiger partial charge in [0.2, 0.25) is 5.91 Å². The van der Waals surface area contributed by atoms with Crippen LogP contribution < -0.4 is 11.1 Å². The maximum Gasteiger partial charge on any atom is 0.303 e. The Morgan fingerprint density at radius 3 is 2.65 bits per heavy atom. The van der Waals surface area contributed by atoms with E-state index in [4.69, 9.17) is 10.8 Å². The summed E-state index contributed by atoms with van der Waals surface area (Å²) in [4.78, 5) is 21.9. The summed E-state index contributed by atoms with van der Waals surface area (Å²) in [5, 5.41) is 11.3. The van der Waals surface area contributed by atoms with Gasteiger partial charge in [-0.15, -0.1) is 0 Å². The maximum atomic E-state index is 11.6. The van der Waals surface area contributed by atoms with Gasteiger partial charge in [0.05, 0.1) is 0 Å². The zero-order chi connectivity index (χ0) is 12.8. The lowest BCUT2D eigenvalue weighted by atomic mass is 10.1. The van der Waals surface area contributed by atoms with Crippen LogP contribution in [-0.4, -0.2) is 29.1 Å². The quantitative estimate of drug-likeness (QED) is 0.589. The molecule has 0 heterocycles. The van der Waals surface area contributed by atoms with Crippen LogP contribution in [0.2, 0.25) is 0 Å². The van der Waals surface area contributed by atoms with Crippen LogP contribution in [-0.2, 0) is 9.59 Å². The number of carboxylic acid groups (broad SMARTS) is 1. The van der Waals surface area contributed by atoms with Crippen LogP contribution in [0.25, 0.3) is 0 Å². The predicted octanol–water partition coefficient (Wildman–Crippen LogP) is 0.873. The van der Waals surface area contributed by atoms with Gasteiger partial charge >= 0.3 is 5.97 Å². The average Bonchev–Trinajstić information content (AvgIpc) is 2.98. The number of aliphatic carboxylic acids is 1. The van der Waals surface area contributed by atoms with Crippen molar-refractivity contribution in [3.8, 4) is 0 Å². The molecule has 5 heteroatoms. The third kappa shape index (κ3) is 6.26. The second-order valence-electron chi connectivity index (χ2n) is 4.96. The van der Waals surface area contributed by atoms with Crippen LogP contribution in [0.5, 0.6) is 0 Å². The van der Waals surface area contributed by atoms with Crippen LogP contribution in [0.4, 0.5) is 0 Å². The molecule has 1 saturated carbocycles. The van der Waals surface area contributed by atoms with Crippen molar-refractivity contribution in [1.82, 2.24) is 5.32 Å². The van der Waals surface area contributed by atoms with Gasteiger partial charge in [-0.1, -0.05) is 0 Å². The summed E-state index contributed by atoms with van der Waals surface area (Å²) in [7, 11) is 0. The molecule has 17 heavy (non-hydrogen) atoms. The van der Waals surface area contributed by atoms with E-state index in [0.29, 0.717) is 25.2 Å². The molecule has 4 N–H and O–H groups in total. The summed E-state index contributed by atoms with van der Waals surface area (Å²) in [6.45, 7) is 1.89. The van der Waals surface area contributed by atoms with Crippen molar-refractivity contribution < 1.29 is 14.7 Å². The number of amides is 1. The molecule has 1 rings (SSSR count). The van der Waals surface area contributed by atoms with E-state index >= 15 is 0 Å². The monoisotopic (exact) mass is 242 g/mol. The van der Waals surface area contributed by atoms with Gasteiger partial charge in [0.15, 0.2) is 0 Å². The van der Waals surface area contributed by atoms with Crippen LogP contribution in [0.1, 0.15) is 45.4 Å². The molecule has 2 atom stereocenters.